The first-order valence-corrected chi connectivity index (χ1v) is 13.6. The van der Waals surface area contributed by atoms with E-state index in [0.29, 0.717) is 17.9 Å². The maximum absolute atomic E-state index is 13.7. The lowest BCUT2D eigenvalue weighted by Gasteiger charge is -2.39. The molecule has 1 fully saturated rings. The molecule has 3 aromatic carbocycles. The summed E-state index contributed by atoms with van der Waals surface area (Å²) in [6.45, 7) is 4.69. The number of halogens is 1. The highest BCUT2D eigenvalue weighted by Crippen LogP contribution is 2.40. The molecule has 3 aromatic rings. The van der Waals surface area contributed by atoms with Crippen molar-refractivity contribution in [2.24, 2.45) is 5.92 Å². The third kappa shape index (κ3) is 5.74. The zero-order valence-corrected chi connectivity index (χ0v) is 22.1. The third-order valence-corrected chi connectivity index (χ3v) is 7.73. The lowest BCUT2D eigenvalue weighted by Crippen LogP contribution is -2.43. The molecule has 38 heavy (non-hydrogen) atoms. The van der Waals surface area contributed by atoms with Crippen LogP contribution in [0.2, 0.25) is 0 Å². The largest absolute Gasteiger partial charge is 0.481 e. The Hall–Kier alpha value is -3.67. The van der Waals surface area contributed by atoms with Gasteiger partial charge in [0.2, 0.25) is 5.91 Å². The molecule has 0 bridgehead atoms. The molecule has 1 aliphatic carbocycles. The SMILES string of the molecule is Cc1cccc([C@H]2c3cc(O[C@H](C)C(=O)NCc4cccc(F)c4)ccc3CCN2C(=O)C2CCCC2)c1. The van der Waals surface area contributed by atoms with Gasteiger partial charge in [-0.15, -0.1) is 0 Å². The fourth-order valence-electron chi connectivity index (χ4n) is 5.75. The standard InChI is InChI=1S/C32H35FN2O3/c1-21-7-5-11-26(17-21)30-29-19-28(38-22(2)31(36)34-20-23-8-6-12-27(33)18-23)14-13-24(29)15-16-35(30)32(37)25-9-3-4-10-25/h5-8,11-14,17-19,22,25,30H,3-4,9-10,15-16,20H2,1-2H3,(H,34,36)/t22-,30+/m1/s1. The Balaban J connectivity index is 1.37. The lowest BCUT2D eigenvalue weighted by atomic mass is 9.86. The zero-order valence-electron chi connectivity index (χ0n) is 22.1. The first-order valence-electron chi connectivity index (χ1n) is 13.6. The molecular formula is C32H35FN2O3. The van der Waals surface area contributed by atoms with Gasteiger partial charge in [-0.1, -0.05) is 60.9 Å². The molecular weight excluding hydrogens is 479 g/mol. The van der Waals surface area contributed by atoms with Gasteiger partial charge in [0.05, 0.1) is 6.04 Å². The summed E-state index contributed by atoms with van der Waals surface area (Å²) in [6.07, 6.45) is 4.22. The van der Waals surface area contributed by atoms with Crippen molar-refractivity contribution in [3.63, 3.8) is 0 Å². The smallest absolute Gasteiger partial charge is 0.261 e. The maximum atomic E-state index is 13.7. The van der Waals surface area contributed by atoms with Gasteiger partial charge in [0, 0.05) is 19.0 Å². The van der Waals surface area contributed by atoms with Gasteiger partial charge in [0.15, 0.2) is 6.10 Å². The van der Waals surface area contributed by atoms with Crippen LogP contribution in [0.5, 0.6) is 5.75 Å². The molecule has 1 saturated carbocycles. The zero-order chi connectivity index (χ0) is 26.6. The molecule has 5 nitrogen and oxygen atoms in total. The third-order valence-electron chi connectivity index (χ3n) is 7.73. The van der Waals surface area contributed by atoms with E-state index >= 15 is 0 Å². The summed E-state index contributed by atoms with van der Waals surface area (Å²) in [6, 6.07) is 20.3. The van der Waals surface area contributed by atoms with E-state index < -0.39 is 6.10 Å². The minimum absolute atomic E-state index is 0.102. The van der Waals surface area contributed by atoms with Crippen molar-refractivity contribution in [1.82, 2.24) is 10.2 Å². The summed E-state index contributed by atoms with van der Waals surface area (Å²) in [5.41, 5.74) is 5.18. The predicted octanol–water partition coefficient (Wildman–Crippen LogP) is 5.88. The fourth-order valence-corrected chi connectivity index (χ4v) is 5.75. The van der Waals surface area contributed by atoms with Crippen LogP contribution < -0.4 is 10.1 Å². The molecule has 6 heteroatoms. The Morgan fingerprint density at radius 3 is 2.61 bits per heavy atom. The van der Waals surface area contributed by atoms with Crippen LogP contribution in [0.4, 0.5) is 4.39 Å². The molecule has 5 rings (SSSR count). The molecule has 198 valence electrons. The molecule has 2 atom stereocenters. The molecule has 1 aliphatic heterocycles. The normalized spacial score (nSPS) is 18.1. The summed E-state index contributed by atoms with van der Waals surface area (Å²) in [7, 11) is 0. The van der Waals surface area contributed by atoms with Gasteiger partial charge in [-0.2, -0.15) is 0 Å². The van der Waals surface area contributed by atoms with E-state index in [4.69, 9.17) is 4.74 Å². The number of aryl methyl sites for hydroxylation is 1. The van der Waals surface area contributed by atoms with Crippen LogP contribution in [-0.2, 0) is 22.6 Å². The van der Waals surface area contributed by atoms with Gasteiger partial charge < -0.3 is 15.0 Å². The number of hydrogen-bond acceptors (Lipinski definition) is 3. The first-order chi connectivity index (χ1) is 18.4. The number of rotatable bonds is 7. The molecule has 0 radical (unpaired) electrons. The first kappa shape index (κ1) is 26.0. The average molecular weight is 515 g/mol. The average Bonchev–Trinajstić information content (AvgIpc) is 3.46. The molecule has 0 aromatic heterocycles. The molecule has 0 saturated heterocycles. The van der Waals surface area contributed by atoms with Gasteiger partial charge in [0.1, 0.15) is 11.6 Å². The number of hydrogen-bond donors (Lipinski definition) is 1. The van der Waals surface area contributed by atoms with Crippen molar-refractivity contribution < 1.29 is 18.7 Å². The number of fused-ring (bicyclic) bond motifs is 1. The summed E-state index contributed by atoms with van der Waals surface area (Å²) in [5.74, 6) is 0.324. The molecule has 1 heterocycles. The van der Waals surface area contributed by atoms with Gasteiger partial charge >= 0.3 is 0 Å². The van der Waals surface area contributed by atoms with Crippen molar-refractivity contribution in [2.75, 3.05) is 6.54 Å². The van der Waals surface area contributed by atoms with Gasteiger partial charge in [-0.05, 0) is 79.6 Å². The predicted molar refractivity (Wildman–Crippen MR) is 145 cm³/mol. The van der Waals surface area contributed by atoms with Crippen molar-refractivity contribution in [2.45, 2.75) is 64.6 Å². The van der Waals surface area contributed by atoms with Gasteiger partial charge in [-0.3, -0.25) is 9.59 Å². The minimum Gasteiger partial charge on any atom is -0.481 e. The van der Waals surface area contributed by atoms with Crippen LogP contribution in [0.15, 0.2) is 66.7 Å². The van der Waals surface area contributed by atoms with E-state index in [0.717, 1.165) is 48.8 Å². The molecule has 0 spiro atoms. The summed E-state index contributed by atoms with van der Waals surface area (Å²) in [4.78, 5) is 28.4. The van der Waals surface area contributed by atoms with E-state index in [9.17, 15) is 14.0 Å². The molecule has 2 aliphatic rings. The number of nitrogens with one attached hydrogen (secondary N) is 1. The van der Waals surface area contributed by atoms with Crippen molar-refractivity contribution in [3.8, 4) is 5.75 Å². The van der Waals surface area contributed by atoms with E-state index in [1.54, 1.807) is 19.1 Å². The number of carbonyl (C=O) groups is 2. The second-order valence-corrected chi connectivity index (χ2v) is 10.5. The van der Waals surface area contributed by atoms with E-state index in [-0.39, 0.29) is 36.1 Å². The minimum atomic E-state index is -0.737. The monoisotopic (exact) mass is 514 g/mol. The highest BCUT2D eigenvalue weighted by Gasteiger charge is 2.36. The van der Waals surface area contributed by atoms with Crippen molar-refractivity contribution in [3.05, 3.63) is 100 Å². The number of nitrogens with zero attached hydrogens (tertiary/aromatic N) is 1. The van der Waals surface area contributed by atoms with Gasteiger partial charge in [0.25, 0.3) is 5.91 Å². The molecule has 1 N–H and O–H groups in total. The van der Waals surface area contributed by atoms with E-state index in [1.807, 2.05) is 18.2 Å². The van der Waals surface area contributed by atoms with E-state index in [1.165, 1.54) is 17.7 Å². The fraction of sp³-hybridized carbons (Fsp3) is 0.375. The number of benzene rings is 3. The lowest BCUT2D eigenvalue weighted by molar-refractivity contribution is -0.137. The topological polar surface area (TPSA) is 58.6 Å². The Morgan fingerprint density at radius 2 is 1.84 bits per heavy atom. The second kappa shape index (κ2) is 11.4. The van der Waals surface area contributed by atoms with Crippen LogP contribution in [-0.4, -0.2) is 29.4 Å². The quantitative estimate of drug-likeness (QED) is 0.428. The highest BCUT2D eigenvalue weighted by molar-refractivity contribution is 5.81. The number of amides is 2. The Labute approximate surface area is 224 Å². The Bertz CT molecular complexity index is 1320. The van der Waals surface area contributed by atoms with Crippen LogP contribution in [0.3, 0.4) is 0 Å². The number of carbonyl (C=O) groups excluding carboxylic acids is 2. The summed E-state index contributed by atoms with van der Waals surface area (Å²) >= 11 is 0. The van der Waals surface area contributed by atoms with E-state index in [2.05, 4.69) is 41.4 Å². The highest BCUT2D eigenvalue weighted by atomic mass is 19.1. The van der Waals surface area contributed by atoms with Crippen molar-refractivity contribution >= 4 is 11.8 Å². The number of ether oxygens (including phenoxy) is 1. The van der Waals surface area contributed by atoms with Crippen LogP contribution in [0.1, 0.15) is 66.5 Å². The van der Waals surface area contributed by atoms with Crippen molar-refractivity contribution in [1.29, 1.82) is 0 Å². The Morgan fingerprint density at radius 1 is 1.05 bits per heavy atom. The summed E-state index contributed by atoms with van der Waals surface area (Å²) in [5, 5.41) is 2.82. The molecule has 0 unspecified atom stereocenters. The van der Waals surface area contributed by atoms with Crippen LogP contribution >= 0.6 is 0 Å². The Kier molecular flexibility index (Phi) is 7.77. The maximum Gasteiger partial charge on any atom is 0.261 e. The van der Waals surface area contributed by atoms with Gasteiger partial charge in [-0.25, -0.2) is 4.39 Å². The van der Waals surface area contributed by atoms with Crippen LogP contribution in [0, 0.1) is 18.7 Å². The second-order valence-electron chi connectivity index (χ2n) is 10.5. The summed E-state index contributed by atoms with van der Waals surface area (Å²) < 4.78 is 19.5. The molecule has 2 amide bonds. The van der Waals surface area contributed by atoms with Crippen LogP contribution in [0.25, 0.3) is 0 Å².